The van der Waals surface area contributed by atoms with Crippen molar-refractivity contribution in [3.63, 3.8) is 0 Å². The smallest absolute Gasteiger partial charge is 0.108 e. The van der Waals surface area contributed by atoms with Crippen molar-refractivity contribution in [2.24, 2.45) is 5.73 Å². The summed E-state index contributed by atoms with van der Waals surface area (Å²) in [6, 6.07) is 0.188. The molecule has 4 nitrogen and oxygen atoms in total. The molecule has 4 heteroatoms. The summed E-state index contributed by atoms with van der Waals surface area (Å²) >= 11 is 0. The van der Waals surface area contributed by atoms with Crippen LogP contribution in [0.2, 0.25) is 0 Å². The van der Waals surface area contributed by atoms with Gasteiger partial charge in [-0.3, -0.25) is 10.3 Å². The molecule has 0 amide bonds. The van der Waals surface area contributed by atoms with Crippen molar-refractivity contribution in [1.29, 1.82) is 5.41 Å². The number of nitrogens with two attached hydrogens (primary N) is 1. The van der Waals surface area contributed by atoms with Crippen molar-refractivity contribution >= 4 is 5.84 Å². The minimum atomic E-state index is -0.0235. The van der Waals surface area contributed by atoms with Gasteiger partial charge < -0.3 is 10.8 Å². The van der Waals surface area contributed by atoms with Gasteiger partial charge in [-0.05, 0) is 26.3 Å². The molecular weight excluding hydrogens is 154 g/mol. The Kier molecular flexibility index (Phi) is 3.05. The molecule has 1 saturated heterocycles. The summed E-state index contributed by atoms with van der Waals surface area (Å²) in [5.41, 5.74) is 5.39. The third-order valence-electron chi connectivity index (χ3n) is 2.58. The Balaban J connectivity index is 2.55. The average molecular weight is 171 g/mol. The Morgan fingerprint density at radius 3 is 3.00 bits per heavy atom. The highest BCUT2D eigenvalue weighted by Crippen LogP contribution is 2.19. The van der Waals surface area contributed by atoms with Crippen molar-refractivity contribution < 1.29 is 5.11 Å². The van der Waals surface area contributed by atoms with Crippen LogP contribution in [0.1, 0.15) is 19.8 Å². The molecular formula is C8H17N3O. The highest BCUT2D eigenvalue weighted by atomic mass is 16.3. The fraction of sp³-hybridized carbons (Fsp3) is 0.875. The van der Waals surface area contributed by atoms with Crippen LogP contribution in [0.3, 0.4) is 0 Å². The molecule has 1 aliphatic rings. The summed E-state index contributed by atoms with van der Waals surface area (Å²) in [5.74, 6) is 0.190. The van der Waals surface area contributed by atoms with Crippen molar-refractivity contribution in [2.45, 2.75) is 31.8 Å². The van der Waals surface area contributed by atoms with Crippen LogP contribution in [0.4, 0.5) is 0 Å². The molecule has 1 aliphatic heterocycles. The molecule has 0 saturated carbocycles. The molecule has 0 spiro atoms. The molecule has 0 aromatic rings. The highest BCUT2D eigenvalue weighted by Gasteiger charge is 2.28. The molecule has 1 fully saturated rings. The van der Waals surface area contributed by atoms with E-state index in [4.69, 9.17) is 16.2 Å². The Hall–Kier alpha value is -0.610. The maximum atomic E-state index is 9.01. The van der Waals surface area contributed by atoms with Gasteiger partial charge in [0.2, 0.25) is 0 Å². The number of hydrogen-bond donors (Lipinski definition) is 3. The van der Waals surface area contributed by atoms with Gasteiger partial charge >= 0.3 is 0 Å². The maximum absolute atomic E-state index is 9.01. The van der Waals surface area contributed by atoms with Crippen molar-refractivity contribution in [3.8, 4) is 0 Å². The number of aliphatic hydroxyl groups is 1. The molecule has 0 aromatic heterocycles. The Bertz CT molecular complexity index is 172. The average Bonchev–Trinajstić information content (AvgIpc) is 2.49. The zero-order chi connectivity index (χ0) is 9.14. The summed E-state index contributed by atoms with van der Waals surface area (Å²) in [7, 11) is 0. The molecule has 0 aromatic carbocycles. The number of likely N-dealkylation sites (tertiary alicyclic amines) is 1. The Morgan fingerprint density at radius 1 is 1.83 bits per heavy atom. The van der Waals surface area contributed by atoms with Gasteiger partial charge in [0, 0.05) is 6.04 Å². The van der Waals surface area contributed by atoms with Gasteiger partial charge in [0.15, 0.2) is 0 Å². The monoisotopic (exact) mass is 171 g/mol. The second-order valence-corrected chi connectivity index (χ2v) is 3.35. The molecule has 0 aliphatic carbocycles. The third kappa shape index (κ3) is 1.76. The normalized spacial score (nSPS) is 27.3. The van der Waals surface area contributed by atoms with E-state index in [0.29, 0.717) is 0 Å². The summed E-state index contributed by atoms with van der Waals surface area (Å²) < 4.78 is 0. The first kappa shape index (κ1) is 9.48. The van der Waals surface area contributed by atoms with Crippen molar-refractivity contribution in [1.82, 2.24) is 4.90 Å². The zero-order valence-corrected chi connectivity index (χ0v) is 7.45. The number of hydrogen-bond acceptors (Lipinski definition) is 3. The van der Waals surface area contributed by atoms with Crippen LogP contribution in [-0.2, 0) is 0 Å². The second-order valence-electron chi connectivity index (χ2n) is 3.35. The quantitative estimate of drug-likeness (QED) is 0.405. The molecule has 0 bridgehead atoms. The van der Waals surface area contributed by atoms with E-state index in [1.54, 1.807) is 0 Å². The largest absolute Gasteiger partial charge is 0.395 e. The summed E-state index contributed by atoms with van der Waals surface area (Å²) in [6.07, 6.45) is 2.12. The van der Waals surface area contributed by atoms with E-state index in [2.05, 4.69) is 4.90 Å². The summed E-state index contributed by atoms with van der Waals surface area (Å²) in [4.78, 5) is 2.10. The van der Waals surface area contributed by atoms with Gasteiger partial charge in [0.1, 0.15) is 5.84 Å². The minimum Gasteiger partial charge on any atom is -0.395 e. The standard InChI is InChI=1S/C8H17N3O/c1-6(8(9)10)11-4-2-3-7(11)5-12/h6-7,12H,2-5H2,1H3,(H3,9,10)/t6?,7-/m1/s1. The minimum absolute atomic E-state index is 0.0235. The molecule has 2 atom stereocenters. The Morgan fingerprint density at radius 2 is 2.50 bits per heavy atom. The van der Waals surface area contributed by atoms with Crippen LogP contribution >= 0.6 is 0 Å². The van der Waals surface area contributed by atoms with Gasteiger partial charge in [-0.1, -0.05) is 0 Å². The molecule has 1 rings (SSSR count). The highest BCUT2D eigenvalue weighted by molar-refractivity contribution is 5.82. The predicted molar refractivity (Wildman–Crippen MR) is 48.2 cm³/mol. The lowest BCUT2D eigenvalue weighted by molar-refractivity contribution is 0.148. The zero-order valence-electron chi connectivity index (χ0n) is 7.45. The third-order valence-corrected chi connectivity index (χ3v) is 2.58. The fourth-order valence-electron chi connectivity index (χ4n) is 1.74. The lowest BCUT2D eigenvalue weighted by Gasteiger charge is -2.28. The number of rotatable bonds is 3. The number of nitrogens with one attached hydrogen (secondary N) is 1. The van der Waals surface area contributed by atoms with Crippen molar-refractivity contribution in [2.75, 3.05) is 13.2 Å². The van der Waals surface area contributed by atoms with Gasteiger partial charge in [0.25, 0.3) is 0 Å². The van der Waals surface area contributed by atoms with Gasteiger partial charge in [-0.25, -0.2) is 0 Å². The van der Waals surface area contributed by atoms with Crippen LogP contribution in [0.5, 0.6) is 0 Å². The summed E-state index contributed by atoms with van der Waals surface area (Å²) in [6.45, 7) is 3.04. The van der Waals surface area contributed by atoms with Gasteiger partial charge in [0.05, 0.1) is 12.6 Å². The van der Waals surface area contributed by atoms with Crippen LogP contribution in [-0.4, -0.2) is 41.1 Å². The Labute approximate surface area is 72.9 Å². The van der Waals surface area contributed by atoms with E-state index >= 15 is 0 Å². The van der Waals surface area contributed by atoms with Crippen LogP contribution in [0.15, 0.2) is 0 Å². The molecule has 0 radical (unpaired) electrons. The SMILES string of the molecule is CC(C(=N)N)N1CCC[C@@H]1CO. The lowest BCUT2D eigenvalue weighted by atomic mass is 10.2. The topological polar surface area (TPSA) is 73.3 Å². The van der Waals surface area contributed by atoms with Crippen LogP contribution in [0, 0.1) is 5.41 Å². The lowest BCUT2D eigenvalue weighted by Crippen LogP contribution is -2.46. The predicted octanol–water partition coefficient (Wildman–Crippen LogP) is -0.232. The molecule has 70 valence electrons. The van der Waals surface area contributed by atoms with E-state index < -0.39 is 0 Å². The number of nitrogens with zero attached hydrogens (tertiary/aromatic N) is 1. The molecule has 1 heterocycles. The van der Waals surface area contributed by atoms with E-state index in [9.17, 15) is 0 Å². The molecule has 12 heavy (non-hydrogen) atoms. The van der Waals surface area contributed by atoms with Crippen molar-refractivity contribution in [3.05, 3.63) is 0 Å². The van der Waals surface area contributed by atoms with Gasteiger partial charge in [-0.15, -0.1) is 0 Å². The number of aliphatic hydroxyl groups excluding tert-OH is 1. The summed E-state index contributed by atoms with van der Waals surface area (Å²) in [5, 5.41) is 16.3. The van der Waals surface area contributed by atoms with Crippen LogP contribution < -0.4 is 5.73 Å². The maximum Gasteiger partial charge on any atom is 0.108 e. The van der Waals surface area contributed by atoms with Crippen LogP contribution in [0.25, 0.3) is 0 Å². The van der Waals surface area contributed by atoms with Gasteiger partial charge in [-0.2, -0.15) is 0 Å². The second kappa shape index (κ2) is 3.87. The van der Waals surface area contributed by atoms with E-state index in [1.807, 2.05) is 6.92 Å². The van der Waals surface area contributed by atoms with E-state index in [1.165, 1.54) is 0 Å². The molecule has 4 N–H and O–H groups in total. The molecule has 1 unspecified atom stereocenters. The first-order valence-electron chi connectivity index (χ1n) is 4.37. The van der Waals surface area contributed by atoms with E-state index in [-0.39, 0.29) is 24.5 Å². The van der Waals surface area contributed by atoms with E-state index in [0.717, 1.165) is 19.4 Å². The number of amidine groups is 1. The fourth-order valence-corrected chi connectivity index (χ4v) is 1.74. The first-order valence-corrected chi connectivity index (χ1v) is 4.37. The first-order chi connectivity index (χ1) is 5.66.